The lowest BCUT2D eigenvalue weighted by Crippen LogP contribution is -2.68. The fraction of sp³-hybridized carbons (Fsp3) is 0.867. The Morgan fingerprint density at radius 3 is 2.47 bits per heavy atom. The molecule has 4 nitrogen and oxygen atoms in total. The van der Waals surface area contributed by atoms with Crippen LogP contribution in [0.25, 0.3) is 0 Å². The molecule has 1 saturated heterocycles. The molecule has 2 fully saturated rings. The summed E-state index contributed by atoms with van der Waals surface area (Å²) in [6, 6.07) is -0.325. The predicted octanol–water partition coefficient (Wildman–Crippen LogP) is 2.08. The topological polar surface area (TPSA) is 49.4 Å². The van der Waals surface area contributed by atoms with Crippen LogP contribution in [0.4, 0.5) is 0 Å². The lowest BCUT2D eigenvalue weighted by atomic mass is 9.86. The minimum atomic E-state index is -0.710. The highest BCUT2D eigenvalue weighted by Gasteiger charge is 2.45. The summed E-state index contributed by atoms with van der Waals surface area (Å²) in [6.45, 7) is 6.38. The fourth-order valence-electron chi connectivity index (χ4n) is 3.19. The maximum absolute atomic E-state index is 12.6. The summed E-state index contributed by atoms with van der Waals surface area (Å²) in [5.74, 6) is 0.652. The van der Waals surface area contributed by atoms with Crippen LogP contribution >= 0.6 is 0 Å². The molecule has 4 heteroatoms. The van der Waals surface area contributed by atoms with Gasteiger partial charge in [0.05, 0.1) is 0 Å². The van der Waals surface area contributed by atoms with E-state index in [2.05, 4.69) is 5.32 Å². The van der Waals surface area contributed by atoms with Crippen LogP contribution in [0.2, 0.25) is 0 Å². The molecule has 108 valence electrons. The van der Waals surface area contributed by atoms with Crippen molar-refractivity contribution in [2.24, 2.45) is 5.92 Å². The van der Waals surface area contributed by atoms with Gasteiger partial charge >= 0.3 is 0 Å². The molecule has 0 bridgehead atoms. The average molecular weight is 266 g/mol. The number of rotatable bonds is 3. The molecule has 1 aliphatic carbocycles. The third kappa shape index (κ3) is 2.77. The van der Waals surface area contributed by atoms with Gasteiger partial charge in [-0.3, -0.25) is 9.59 Å². The highest BCUT2D eigenvalue weighted by Crippen LogP contribution is 2.28. The van der Waals surface area contributed by atoms with Crippen molar-refractivity contribution >= 4 is 11.8 Å². The van der Waals surface area contributed by atoms with E-state index in [1.54, 1.807) is 0 Å². The van der Waals surface area contributed by atoms with Gasteiger partial charge in [-0.25, -0.2) is 0 Å². The molecule has 1 aliphatic heterocycles. The minimum absolute atomic E-state index is 0.0141. The first-order chi connectivity index (χ1) is 8.98. The first kappa shape index (κ1) is 14.4. The van der Waals surface area contributed by atoms with Crippen LogP contribution in [0.3, 0.4) is 0 Å². The zero-order valence-corrected chi connectivity index (χ0v) is 12.4. The van der Waals surface area contributed by atoms with Gasteiger partial charge in [-0.05, 0) is 39.0 Å². The monoisotopic (exact) mass is 266 g/mol. The van der Waals surface area contributed by atoms with Gasteiger partial charge in [-0.2, -0.15) is 0 Å². The summed E-state index contributed by atoms with van der Waals surface area (Å²) in [5.41, 5.74) is -0.710. The van der Waals surface area contributed by atoms with Crippen molar-refractivity contribution in [2.75, 3.05) is 6.54 Å². The summed E-state index contributed by atoms with van der Waals surface area (Å²) < 4.78 is 0. The van der Waals surface area contributed by atoms with Crippen molar-refractivity contribution in [1.82, 2.24) is 10.2 Å². The van der Waals surface area contributed by atoms with Crippen molar-refractivity contribution < 1.29 is 9.59 Å². The second-order valence-electron chi connectivity index (χ2n) is 6.31. The normalized spacial score (nSPS) is 33.4. The van der Waals surface area contributed by atoms with E-state index >= 15 is 0 Å². The first-order valence-electron chi connectivity index (χ1n) is 7.61. The molecule has 0 radical (unpaired) electrons. The Bertz CT molecular complexity index is 363. The van der Waals surface area contributed by atoms with Gasteiger partial charge in [0.1, 0.15) is 11.6 Å². The Morgan fingerprint density at radius 2 is 1.89 bits per heavy atom. The second-order valence-corrected chi connectivity index (χ2v) is 6.31. The van der Waals surface area contributed by atoms with Crippen molar-refractivity contribution in [3.63, 3.8) is 0 Å². The molecule has 2 unspecified atom stereocenters. The van der Waals surface area contributed by atoms with Crippen molar-refractivity contribution in [1.29, 1.82) is 0 Å². The number of hydrogen-bond acceptors (Lipinski definition) is 2. The Kier molecular flexibility index (Phi) is 4.16. The number of nitrogens with one attached hydrogen (secondary N) is 1. The number of nitrogens with zero attached hydrogens (tertiary/aromatic N) is 1. The molecule has 2 aliphatic rings. The number of hydrogen-bond donors (Lipinski definition) is 1. The molecule has 1 saturated carbocycles. The van der Waals surface area contributed by atoms with E-state index in [9.17, 15) is 9.59 Å². The highest BCUT2D eigenvalue weighted by molar-refractivity contribution is 5.99. The Hall–Kier alpha value is -1.06. The van der Waals surface area contributed by atoms with E-state index in [1.165, 1.54) is 32.1 Å². The SMILES string of the molecule is CCC1(C)NC(=O)C(C)N(CC2CCCCC2)C1=O. The number of carbonyl (C=O) groups is 2. The maximum Gasteiger partial charge on any atom is 0.248 e. The Balaban J connectivity index is 2.11. The van der Waals surface area contributed by atoms with Crippen molar-refractivity contribution in [3.05, 3.63) is 0 Å². The molecule has 2 atom stereocenters. The van der Waals surface area contributed by atoms with E-state index in [0.717, 1.165) is 6.54 Å². The van der Waals surface area contributed by atoms with Crippen LogP contribution in [-0.4, -0.2) is 34.8 Å². The standard InChI is InChI=1S/C15H26N2O2/c1-4-15(3)14(19)17(11(2)13(18)16-15)10-12-8-6-5-7-9-12/h11-12H,4-10H2,1-3H3,(H,16,18). The van der Waals surface area contributed by atoms with E-state index in [4.69, 9.17) is 0 Å². The Labute approximate surface area is 115 Å². The third-order valence-electron chi connectivity index (χ3n) is 4.87. The van der Waals surface area contributed by atoms with Gasteiger partial charge < -0.3 is 10.2 Å². The van der Waals surface area contributed by atoms with Crippen LogP contribution < -0.4 is 5.32 Å². The molecule has 0 spiro atoms. The van der Waals surface area contributed by atoms with Crippen LogP contribution in [-0.2, 0) is 9.59 Å². The zero-order chi connectivity index (χ0) is 14.0. The summed E-state index contributed by atoms with van der Waals surface area (Å²) >= 11 is 0. The molecular formula is C15H26N2O2. The van der Waals surface area contributed by atoms with Crippen LogP contribution in [0.15, 0.2) is 0 Å². The van der Waals surface area contributed by atoms with Gasteiger partial charge in [0.25, 0.3) is 0 Å². The fourth-order valence-corrected chi connectivity index (χ4v) is 3.19. The van der Waals surface area contributed by atoms with Gasteiger partial charge in [0, 0.05) is 6.54 Å². The van der Waals surface area contributed by atoms with Crippen LogP contribution in [0, 0.1) is 5.92 Å². The molecular weight excluding hydrogens is 240 g/mol. The smallest absolute Gasteiger partial charge is 0.248 e. The number of piperazine rings is 1. The molecule has 0 aromatic carbocycles. The molecule has 1 N–H and O–H groups in total. The maximum atomic E-state index is 12.6. The summed E-state index contributed by atoms with van der Waals surface area (Å²) in [7, 11) is 0. The van der Waals surface area contributed by atoms with Crippen molar-refractivity contribution in [2.45, 2.75) is 70.9 Å². The number of amides is 2. The highest BCUT2D eigenvalue weighted by atomic mass is 16.2. The number of carbonyl (C=O) groups excluding carboxylic acids is 2. The molecule has 0 aromatic rings. The third-order valence-corrected chi connectivity index (χ3v) is 4.87. The summed E-state index contributed by atoms with van der Waals surface area (Å²) in [6.07, 6.45) is 6.87. The van der Waals surface area contributed by atoms with E-state index in [1.807, 2.05) is 25.7 Å². The van der Waals surface area contributed by atoms with E-state index < -0.39 is 5.54 Å². The zero-order valence-electron chi connectivity index (χ0n) is 12.4. The molecule has 19 heavy (non-hydrogen) atoms. The van der Waals surface area contributed by atoms with Gasteiger partial charge in [0.15, 0.2) is 0 Å². The second kappa shape index (κ2) is 5.51. The minimum Gasteiger partial charge on any atom is -0.340 e. The summed E-state index contributed by atoms with van der Waals surface area (Å²) in [4.78, 5) is 26.5. The van der Waals surface area contributed by atoms with Crippen LogP contribution in [0.1, 0.15) is 59.3 Å². The first-order valence-corrected chi connectivity index (χ1v) is 7.61. The van der Waals surface area contributed by atoms with Gasteiger partial charge in [0.2, 0.25) is 11.8 Å². The van der Waals surface area contributed by atoms with Crippen LogP contribution in [0.5, 0.6) is 0 Å². The molecule has 1 heterocycles. The lowest BCUT2D eigenvalue weighted by Gasteiger charge is -2.44. The lowest BCUT2D eigenvalue weighted by molar-refractivity contribution is -0.154. The largest absolute Gasteiger partial charge is 0.340 e. The molecule has 2 amide bonds. The Morgan fingerprint density at radius 1 is 1.26 bits per heavy atom. The molecule has 2 rings (SSSR count). The van der Waals surface area contributed by atoms with Gasteiger partial charge in [-0.15, -0.1) is 0 Å². The van der Waals surface area contributed by atoms with E-state index in [-0.39, 0.29) is 17.9 Å². The average Bonchev–Trinajstić information content (AvgIpc) is 2.42. The molecule has 0 aromatic heterocycles. The van der Waals surface area contributed by atoms with Gasteiger partial charge in [-0.1, -0.05) is 26.2 Å². The quantitative estimate of drug-likeness (QED) is 0.850. The predicted molar refractivity (Wildman–Crippen MR) is 74.6 cm³/mol. The van der Waals surface area contributed by atoms with E-state index in [0.29, 0.717) is 12.3 Å². The van der Waals surface area contributed by atoms with Crippen molar-refractivity contribution in [3.8, 4) is 0 Å². The summed E-state index contributed by atoms with van der Waals surface area (Å²) in [5, 5.41) is 2.88.